The molecule has 1 heterocycles. The lowest BCUT2D eigenvalue weighted by atomic mass is 10.1. The maximum atomic E-state index is 13.1. The van der Waals surface area contributed by atoms with Crippen molar-refractivity contribution in [1.82, 2.24) is 10.3 Å². The maximum Gasteiger partial charge on any atom is 0.208 e. The maximum absolute atomic E-state index is 13.1. The van der Waals surface area contributed by atoms with Crippen molar-refractivity contribution in [2.75, 3.05) is 0 Å². The third-order valence-electron chi connectivity index (χ3n) is 3.02. The average Bonchev–Trinajstić information content (AvgIpc) is 2.64. The minimum Gasteiger partial charge on any atom is -0.444 e. The highest BCUT2D eigenvalue weighted by atomic mass is 19.1. The predicted molar refractivity (Wildman–Crippen MR) is 67.6 cm³/mol. The van der Waals surface area contributed by atoms with Crippen LogP contribution in [-0.4, -0.2) is 4.98 Å². The minimum atomic E-state index is -0.577. The van der Waals surface area contributed by atoms with Crippen molar-refractivity contribution in [2.24, 2.45) is 0 Å². The normalized spacial score (nSPS) is 12.7. The first-order chi connectivity index (χ1) is 8.95. The molecule has 1 unspecified atom stereocenters. The second-order valence-electron chi connectivity index (χ2n) is 4.55. The Labute approximate surface area is 110 Å². The highest BCUT2D eigenvalue weighted by Gasteiger charge is 2.11. The first-order valence-electron chi connectivity index (χ1n) is 6.08. The standard InChI is InChI=1S/C14H16F2N2O/c1-8-10(3)19-14(18-8)7-17-9(2)11-4-12(15)6-13(16)5-11/h4-6,9,17H,7H2,1-3H3. The fraction of sp³-hybridized carbons (Fsp3) is 0.357. The van der Waals surface area contributed by atoms with Gasteiger partial charge in [-0.3, -0.25) is 0 Å². The van der Waals surface area contributed by atoms with Crippen LogP contribution in [-0.2, 0) is 6.54 Å². The molecular formula is C14H16F2N2O. The summed E-state index contributed by atoms with van der Waals surface area (Å²) in [4.78, 5) is 4.23. The second kappa shape index (κ2) is 5.48. The summed E-state index contributed by atoms with van der Waals surface area (Å²) < 4.78 is 31.6. The highest BCUT2D eigenvalue weighted by molar-refractivity contribution is 5.21. The molecule has 0 aliphatic heterocycles. The van der Waals surface area contributed by atoms with Crippen molar-refractivity contribution in [3.63, 3.8) is 0 Å². The van der Waals surface area contributed by atoms with Crippen LogP contribution in [0, 0.1) is 25.5 Å². The topological polar surface area (TPSA) is 38.1 Å². The van der Waals surface area contributed by atoms with E-state index in [0.717, 1.165) is 17.5 Å². The summed E-state index contributed by atoms with van der Waals surface area (Å²) in [5, 5.41) is 3.12. The first kappa shape index (κ1) is 13.7. The Bertz CT molecular complexity index is 541. The number of oxazole rings is 1. The van der Waals surface area contributed by atoms with Gasteiger partial charge in [0.25, 0.3) is 0 Å². The lowest BCUT2D eigenvalue weighted by molar-refractivity contribution is 0.431. The molecule has 1 aromatic heterocycles. The van der Waals surface area contributed by atoms with E-state index in [1.54, 1.807) is 0 Å². The van der Waals surface area contributed by atoms with Gasteiger partial charge in [0.05, 0.1) is 12.2 Å². The molecule has 0 aliphatic rings. The summed E-state index contributed by atoms with van der Waals surface area (Å²) in [6, 6.07) is 3.29. The Morgan fingerprint density at radius 2 is 1.84 bits per heavy atom. The van der Waals surface area contributed by atoms with Gasteiger partial charge in [-0.15, -0.1) is 0 Å². The summed E-state index contributed by atoms with van der Waals surface area (Å²) in [7, 11) is 0. The Morgan fingerprint density at radius 1 is 1.21 bits per heavy atom. The highest BCUT2D eigenvalue weighted by Crippen LogP contribution is 2.17. The largest absolute Gasteiger partial charge is 0.444 e. The number of nitrogens with one attached hydrogen (secondary N) is 1. The summed E-state index contributed by atoms with van der Waals surface area (Å²) in [5.41, 5.74) is 1.40. The molecule has 0 bridgehead atoms. The molecule has 0 amide bonds. The number of aromatic nitrogens is 1. The summed E-state index contributed by atoms with van der Waals surface area (Å²) in [6.07, 6.45) is 0. The molecule has 1 aromatic carbocycles. The van der Waals surface area contributed by atoms with E-state index in [4.69, 9.17) is 4.42 Å². The Balaban J connectivity index is 2.02. The number of benzene rings is 1. The Hall–Kier alpha value is -1.75. The van der Waals surface area contributed by atoms with E-state index >= 15 is 0 Å². The van der Waals surface area contributed by atoms with E-state index in [0.29, 0.717) is 18.0 Å². The van der Waals surface area contributed by atoms with Gasteiger partial charge in [-0.2, -0.15) is 0 Å². The number of hydrogen-bond acceptors (Lipinski definition) is 3. The van der Waals surface area contributed by atoms with E-state index in [-0.39, 0.29) is 6.04 Å². The molecule has 0 fully saturated rings. The summed E-state index contributed by atoms with van der Waals surface area (Å²) in [5.74, 6) is 0.193. The average molecular weight is 266 g/mol. The van der Waals surface area contributed by atoms with Crippen molar-refractivity contribution in [3.05, 3.63) is 52.7 Å². The van der Waals surface area contributed by atoms with Crippen LogP contribution in [0.1, 0.15) is 35.9 Å². The van der Waals surface area contributed by atoms with Crippen molar-refractivity contribution in [3.8, 4) is 0 Å². The molecule has 0 saturated carbocycles. The van der Waals surface area contributed by atoms with Gasteiger partial charge in [0.2, 0.25) is 5.89 Å². The van der Waals surface area contributed by atoms with Gasteiger partial charge in [-0.25, -0.2) is 13.8 Å². The summed E-state index contributed by atoms with van der Waals surface area (Å²) in [6.45, 7) is 5.95. The van der Waals surface area contributed by atoms with E-state index in [1.807, 2.05) is 20.8 Å². The molecule has 19 heavy (non-hydrogen) atoms. The van der Waals surface area contributed by atoms with Gasteiger partial charge in [-0.05, 0) is 38.5 Å². The lowest BCUT2D eigenvalue weighted by Crippen LogP contribution is -2.18. The molecule has 102 valence electrons. The van der Waals surface area contributed by atoms with Gasteiger partial charge in [0, 0.05) is 12.1 Å². The van der Waals surface area contributed by atoms with Crippen molar-refractivity contribution in [1.29, 1.82) is 0 Å². The number of nitrogens with zero attached hydrogens (tertiary/aromatic N) is 1. The number of rotatable bonds is 4. The van der Waals surface area contributed by atoms with Crippen molar-refractivity contribution >= 4 is 0 Å². The third-order valence-corrected chi connectivity index (χ3v) is 3.02. The molecule has 2 aromatic rings. The van der Waals surface area contributed by atoms with Gasteiger partial charge in [0.1, 0.15) is 17.4 Å². The van der Waals surface area contributed by atoms with E-state index in [9.17, 15) is 8.78 Å². The first-order valence-corrected chi connectivity index (χ1v) is 6.08. The zero-order chi connectivity index (χ0) is 14.0. The molecule has 0 spiro atoms. The number of aryl methyl sites for hydroxylation is 2. The fourth-order valence-corrected chi connectivity index (χ4v) is 1.80. The van der Waals surface area contributed by atoms with Crippen LogP contribution >= 0.6 is 0 Å². The molecular weight excluding hydrogens is 250 g/mol. The van der Waals surface area contributed by atoms with Gasteiger partial charge in [0.15, 0.2) is 0 Å². The summed E-state index contributed by atoms with van der Waals surface area (Å²) >= 11 is 0. The van der Waals surface area contributed by atoms with Crippen LogP contribution in [0.3, 0.4) is 0 Å². The Kier molecular flexibility index (Phi) is 3.95. The van der Waals surface area contributed by atoms with Crippen LogP contribution in [0.4, 0.5) is 8.78 Å². The SMILES string of the molecule is Cc1nc(CNC(C)c2cc(F)cc(F)c2)oc1C. The van der Waals surface area contributed by atoms with Crippen LogP contribution < -0.4 is 5.32 Å². The molecule has 0 radical (unpaired) electrons. The fourth-order valence-electron chi connectivity index (χ4n) is 1.80. The van der Waals surface area contributed by atoms with Crippen LogP contribution in [0.15, 0.2) is 22.6 Å². The monoisotopic (exact) mass is 266 g/mol. The van der Waals surface area contributed by atoms with Crippen molar-refractivity contribution in [2.45, 2.75) is 33.4 Å². The quantitative estimate of drug-likeness (QED) is 0.921. The lowest BCUT2D eigenvalue weighted by Gasteiger charge is -2.13. The van der Waals surface area contributed by atoms with Crippen LogP contribution in [0.25, 0.3) is 0 Å². The molecule has 0 aliphatic carbocycles. The zero-order valence-electron chi connectivity index (χ0n) is 11.1. The molecule has 0 saturated heterocycles. The molecule has 2 rings (SSSR count). The molecule has 3 nitrogen and oxygen atoms in total. The van der Waals surface area contributed by atoms with Crippen LogP contribution in [0.5, 0.6) is 0 Å². The molecule has 1 N–H and O–H groups in total. The van der Waals surface area contributed by atoms with Gasteiger partial charge < -0.3 is 9.73 Å². The Morgan fingerprint density at radius 3 is 2.37 bits per heavy atom. The minimum absolute atomic E-state index is 0.197. The second-order valence-corrected chi connectivity index (χ2v) is 4.55. The van der Waals surface area contributed by atoms with Gasteiger partial charge in [-0.1, -0.05) is 0 Å². The number of hydrogen-bond donors (Lipinski definition) is 1. The van der Waals surface area contributed by atoms with Crippen LogP contribution in [0.2, 0.25) is 0 Å². The smallest absolute Gasteiger partial charge is 0.208 e. The zero-order valence-corrected chi connectivity index (χ0v) is 11.1. The predicted octanol–water partition coefficient (Wildman–Crippen LogP) is 3.42. The van der Waals surface area contributed by atoms with Gasteiger partial charge >= 0.3 is 0 Å². The van der Waals surface area contributed by atoms with Crippen molar-refractivity contribution < 1.29 is 13.2 Å². The molecule has 5 heteroatoms. The third kappa shape index (κ3) is 3.38. The molecule has 1 atom stereocenters. The number of halogens is 2. The van der Waals surface area contributed by atoms with E-state index in [1.165, 1.54) is 12.1 Å². The van der Waals surface area contributed by atoms with E-state index < -0.39 is 11.6 Å². The van der Waals surface area contributed by atoms with E-state index in [2.05, 4.69) is 10.3 Å².